The molecule has 0 spiro atoms. The summed E-state index contributed by atoms with van der Waals surface area (Å²) in [5.74, 6) is 0.900. The summed E-state index contributed by atoms with van der Waals surface area (Å²) in [6, 6.07) is 4.05. The fraction of sp³-hybridized carbons (Fsp3) is 0.625. The van der Waals surface area contributed by atoms with E-state index in [0.717, 1.165) is 25.1 Å². The normalized spacial score (nSPS) is 20.4. The van der Waals surface area contributed by atoms with Gasteiger partial charge >= 0.3 is 0 Å². The summed E-state index contributed by atoms with van der Waals surface area (Å²) in [7, 11) is 1.90. The lowest BCUT2D eigenvalue weighted by Gasteiger charge is -2.27. The Morgan fingerprint density at radius 3 is 2.90 bits per heavy atom. The van der Waals surface area contributed by atoms with Gasteiger partial charge in [0.05, 0.1) is 6.04 Å². The zero-order valence-electron chi connectivity index (χ0n) is 12.5. The Morgan fingerprint density at radius 2 is 2.25 bits per heavy atom. The maximum absolute atomic E-state index is 12.3. The summed E-state index contributed by atoms with van der Waals surface area (Å²) >= 11 is 0. The SMILES string of the molecule is CC(c1ccncc1)N(C)C(=O)CCC1CCCNC1. The van der Waals surface area contributed by atoms with Crippen molar-refractivity contribution in [3.05, 3.63) is 30.1 Å². The van der Waals surface area contributed by atoms with Crippen LogP contribution in [0.3, 0.4) is 0 Å². The number of aromatic nitrogens is 1. The van der Waals surface area contributed by atoms with E-state index in [9.17, 15) is 4.79 Å². The van der Waals surface area contributed by atoms with E-state index in [1.807, 2.05) is 24.1 Å². The van der Waals surface area contributed by atoms with E-state index in [1.54, 1.807) is 12.4 Å². The van der Waals surface area contributed by atoms with Crippen LogP contribution in [0.25, 0.3) is 0 Å². The Morgan fingerprint density at radius 1 is 1.50 bits per heavy atom. The van der Waals surface area contributed by atoms with Crippen LogP contribution in [0.2, 0.25) is 0 Å². The Labute approximate surface area is 121 Å². The number of nitrogens with zero attached hydrogens (tertiary/aromatic N) is 2. The summed E-state index contributed by atoms with van der Waals surface area (Å²) in [5, 5.41) is 3.40. The molecule has 1 fully saturated rings. The van der Waals surface area contributed by atoms with Crippen molar-refractivity contribution < 1.29 is 4.79 Å². The molecule has 1 amide bonds. The first-order chi connectivity index (χ1) is 9.68. The predicted octanol–water partition coefficient (Wildman–Crippen LogP) is 2.38. The van der Waals surface area contributed by atoms with Gasteiger partial charge in [-0.3, -0.25) is 9.78 Å². The number of pyridine rings is 1. The lowest BCUT2D eigenvalue weighted by Crippen LogP contribution is -2.33. The molecule has 2 heterocycles. The smallest absolute Gasteiger partial charge is 0.222 e. The van der Waals surface area contributed by atoms with Gasteiger partial charge < -0.3 is 10.2 Å². The van der Waals surface area contributed by atoms with Crippen LogP contribution in [0.4, 0.5) is 0 Å². The van der Waals surface area contributed by atoms with Crippen LogP contribution in [0.1, 0.15) is 44.2 Å². The van der Waals surface area contributed by atoms with Crippen molar-refractivity contribution in [2.75, 3.05) is 20.1 Å². The first kappa shape index (κ1) is 15.0. The maximum atomic E-state index is 12.3. The first-order valence-electron chi connectivity index (χ1n) is 7.54. The number of amides is 1. The number of carbonyl (C=O) groups excluding carboxylic acids is 1. The minimum absolute atomic E-state index is 0.106. The third-order valence-corrected chi connectivity index (χ3v) is 4.33. The lowest BCUT2D eigenvalue weighted by molar-refractivity contribution is -0.132. The Balaban J connectivity index is 1.82. The minimum atomic E-state index is 0.106. The van der Waals surface area contributed by atoms with Gasteiger partial charge in [-0.1, -0.05) is 0 Å². The summed E-state index contributed by atoms with van der Waals surface area (Å²) < 4.78 is 0. The van der Waals surface area contributed by atoms with Gasteiger partial charge in [0, 0.05) is 25.9 Å². The fourth-order valence-corrected chi connectivity index (χ4v) is 2.76. The van der Waals surface area contributed by atoms with E-state index in [4.69, 9.17) is 0 Å². The van der Waals surface area contributed by atoms with Crippen LogP contribution < -0.4 is 5.32 Å². The molecule has 2 rings (SSSR count). The largest absolute Gasteiger partial charge is 0.339 e. The quantitative estimate of drug-likeness (QED) is 0.897. The molecule has 110 valence electrons. The standard InChI is InChI=1S/C16H25N3O/c1-13(15-7-10-17-11-8-15)19(2)16(20)6-5-14-4-3-9-18-12-14/h7-8,10-11,13-14,18H,3-6,9,12H2,1-2H3. The molecule has 1 aromatic heterocycles. The average molecular weight is 275 g/mol. The molecule has 4 heteroatoms. The van der Waals surface area contributed by atoms with Gasteiger partial charge in [0.15, 0.2) is 0 Å². The number of piperidine rings is 1. The highest BCUT2D eigenvalue weighted by molar-refractivity contribution is 5.76. The average Bonchev–Trinajstić information content (AvgIpc) is 2.53. The molecule has 20 heavy (non-hydrogen) atoms. The van der Waals surface area contributed by atoms with Crippen LogP contribution >= 0.6 is 0 Å². The van der Waals surface area contributed by atoms with Gasteiger partial charge in [-0.05, 0) is 62.9 Å². The highest BCUT2D eigenvalue weighted by atomic mass is 16.2. The van der Waals surface area contributed by atoms with E-state index in [-0.39, 0.29) is 11.9 Å². The Hall–Kier alpha value is -1.42. The molecule has 1 N–H and O–H groups in total. The molecule has 1 aliphatic rings. The van der Waals surface area contributed by atoms with Crippen LogP contribution in [0.5, 0.6) is 0 Å². The second-order valence-corrected chi connectivity index (χ2v) is 5.71. The van der Waals surface area contributed by atoms with Crippen molar-refractivity contribution in [1.29, 1.82) is 0 Å². The molecule has 1 aliphatic heterocycles. The second-order valence-electron chi connectivity index (χ2n) is 5.71. The molecule has 4 nitrogen and oxygen atoms in total. The zero-order valence-corrected chi connectivity index (χ0v) is 12.5. The topological polar surface area (TPSA) is 45.2 Å². The monoisotopic (exact) mass is 275 g/mol. The summed E-state index contributed by atoms with van der Waals surface area (Å²) in [5.41, 5.74) is 1.13. The molecular formula is C16H25N3O. The second kappa shape index (κ2) is 7.39. The molecule has 1 saturated heterocycles. The Kier molecular flexibility index (Phi) is 5.53. The van der Waals surface area contributed by atoms with Crippen molar-refractivity contribution in [2.24, 2.45) is 5.92 Å². The molecule has 2 atom stereocenters. The minimum Gasteiger partial charge on any atom is -0.339 e. The highest BCUT2D eigenvalue weighted by Gasteiger charge is 2.19. The number of nitrogens with one attached hydrogen (secondary N) is 1. The number of carbonyl (C=O) groups is 1. The highest BCUT2D eigenvalue weighted by Crippen LogP contribution is 2.21. The van der Waals surface area contributed by atoms with E-state index >= 15 is 0 Å². The van der Waals surface area contributed by atoms with Crippen molar-refractivity contribution in [3.63, 3.8) is 0 Å². The third-order valence-electron chi connectivity index (χ3n) is 4.33. The fourth-order valence-electron chi connectivity index (χ4n) is 2.76. The van der Waals surface area contributed by atoms with Crippen LogP contribution in [-0.2, 0) is 4.79 Å². The molecule has 0 radical (unpaired) electrons. The van der Waals surface area contributed by atoms with Crippen LogP contribution in [0, 0.1) is 5.92 Å². The van der Waals surface area contributed by atoms with E-state index in [2.05, 4.69) is 17.2 Å². The van der Waals surface area contributed by atoms with E-state index in [1.165, 1.54) is 12.8 Å². The van der Waals surface area contributed by atoms with Gasteiger partial charge in [0.2, 0.25) is 5.91 Å². The number of rotatable bonds is 5. The zero-order chi connectivity index (χ0) is 14.4. The van der Waals surface area contributed by atoms with Crippen molar-refractivity contribution in [2.45, 2.75) is 38.6 Å². The molecule has 0 saturated carbocycles. The molecule has 2 unspecified atom stereocenters. The van der Waals surface area contributed by atoms with Crippen molar-refractivity contribution in [3.8, 4) is 0 Å². The summed E-state index contributed by atoms with van der Waals surface area (Å²) in [6.45, 7) is 4.26. The molecule has 0 aliphatic carbocycles. The van der Waals surface area contributed by atoms with Gasteiger partial charge in [-0.25, -0.2) is 0 Å². The van der Waals surface area contributed by atoms with Gasteiger partial charge in [0.1, 0.15) is 0 Å². The van der Waals surface area contributed by atoms with Crippen LogP contribution in [0.15, 0.2) is 24.5 Å². The van der Waals surface area contributed by atoms with Gasteiger partial charge in [-0.2, -0.15) is 0 Å². The van der Waals surface area contributed by atoms with E-state index in [0.29, 0.717) is 12.3 Å². The number of hydrogen-bond acceptors (Lipinski definition) is 3. The van der Waals surface area contributed by atoms with E-state index < -0.39 is 0 Å². The van der Waals surface area contributed by atoms with Crippen molar-refractivity contribution in [1.82, 2.24) is 15.2 Å². The summed E-state index contributed by atoms with van der Waals surface area (Å²) in [6.07, 6.45) is 7.69. The number of hydrogen-bond donors (Lipinski definition) is 1. The van der Waals surface area contributed by atoms with Crippen LogP contribution in [-0.4, -0.2) is 35.9 Å². The maximum Gasteiger partial charge on any atom is 0.222 e. The molecule has 0 aromatic carbocycles. The predicted molar refractivity (Wildman–Crippen MR) is 80.2 cm³/mol. The molecule has 1 aromatic rings. The Bertz CT molecular complexity index is 415. The first-order valence-corrected chi connectivity index (χ1v) is 7.54. The lowest BCUT2D eigenvalue weighted by atomic mass is 9.94. The van der Waals surface area contributed by atoms with Gasteiger partial charge in [-0.15, -0.1) is 0 Å². The third kappa shape index (κ3) is 4.04. The molecular weight excluding hydrogens is 250 g/mol. The van der Waals surface area contributed by atoms with Crippen molar-refractivity contribution >= 4 is 5.91 Å². The summed E-state index contributed by atoms with van der Waals surface area (Å²) in [4.78, 5) is 18.2. The molecule has 0 bridgehead atoms. The van der Waals surface area contributed by atoms with Gasteiger partial charge in [0.25, 0.3) is 0 Å².